The lowest BCUT2D eigenvalue weighted by Gasteiger charge is -2.17. The summed E-state index contributed by atoms with van der Waals surface area (Å²) in [5.41, 5.74) is 3.27. The first-order chi connectivity index (χ1) is 15.0. The van der Waals surface area contributed by atoms with Crippen molar-refractivity contribution in [2.75, 3.05) is 13.7 Å². The van der Waals surface area contributed by atoms with Gasteiger partial charge in [-0.3, -0.25) is 15.5 Å². The molecule has 31 heavy (non-hydrogen) atoms. The Labute approximate surface area is 185 Å². The number of carbonyl (C=O) groups is 1. The van der Waals surface area contributed by atoms with Gasteiger partial charge in [-0.05, 0) is 48.9 Å². The summed E-state index contributed by atoms with van der Waals surface area (Å²) in [6.45, 7) is 2.29. The highest BCUT2D eigenvalue weighted by Gasteiger charge is 2.11. The van der Waals surface area contributed by atoms with Gasteiger partial charge in [0, 0.05) is 17.0 Å². The zero-order valence-electron chi connectivity index (χ0n) is 17.3. The maximum absolute atomic E-state index is 12.3. The molecule has 0 aliphatic heterocycles. The fourth-order valence-corrected chi connectivity index (χ4v) is 3.07. The number of rotatable bonds is 9. The van der Waals surface area contributed by atoms with Crippen LogP contribution in [-0.4, -0.2) is 35.9 Å². The van der Waals surface area contributed by atoms with Crippen molar-refractivity contribution in [3.63, 3.8) is 0 Å². The van der Waals surface area contributed by atoms with Crippen molar-refractivity contribution in [1.29, 1.82) is 0 Å². The summed E-state index contributed by atoms with van der Waals surface area (Å²) >= 11 is 4.96. The topological polar surface area (TPSA) is 93.0 Å². The molecule has 0 fully saturated rings. The number of amides is 1. The highest BCUT2D eigenvalue weighted by atomic mass is 32.1. The van der Waals surface area contributed by atoms with E-state index in [2.05, 4.69) is 5.32 Å². The highest BCUT2D eigenvalue weighted by molar-refractivity contribution is 7.80. The molecule has 3 N–H and O–H groups in total. The molecule has 1 heterocycles. The van der Waals surface area contributed by atoms with Crippen LogP contribution in [0.15, 0.2) is 59.0 Å². The van der Waals surface area contributed by atoms with Gasteiger partial charge in [-0.15, -0.1) is 0 Å². The Hall–Kier alpha value is -3.36. The number of thiocarbonyl (C=S) groups is 1. The minimum atomic E-state index is -0.238. The van der Waals surface area contributed by atoms with Gasteiger partial charge in [-0.2, -0.15) is 0 Å². The number of hydroxylamine groups is 1. The van der Waals surface area contributed by atoms with Gasteiger partial charge in [0.15, 0.2) is 11.3 Å². The third-order valence-electron chi connectivity index (χ3n) is 4.65. The summed E-state index contributed by atoms with van der Waals surface area (Å²) < 4.78 is 16.8. The van der Waals surface area contributed by atoms with Crippen LogP contribution in [0.5, 0.6) is 11.5 Å². The van der Waals surface area contributed by atoms with Crippen molar-refractivity contribution >= 4 is 40.2 Å². The van der Waals surface area contributed by atoms with E-state index in [0.29, 0.717) is 41.4 Å². The van der Waals surface area contributed by atoms with E-state index in [1.54, 1.807) is 37.5 Å². The molecule has 0 radical (unpaired) electrons. The summed E-state index contributed by atoms with van der Waals surface area (Å²) in [5.74, 6) is 1.61. The van der Waals surface area contributed by atoms with Crippen molar-refractivity contribution in [1.82, 2.24) is 10.8 Å². The van der Waals surface area contributed by atoms with Crippen LogP contribution in [0.3, 0.4) is 0 Å². The number of fused-ring (bicyclic) bond motifs is 1. The Bertz CT molecular complexity index is 1080. The first-order valence-corrected chi connectivity index (χ1v) is 10.2. The van der Waals surface area contributed by atoms with Crippen molar-refractivity contribution < 1.29 is 23.9 Å². The molecule has 3 rings (SSSR count). The second-order valence-corrected chi connectivity index (χ2v) is 7.16. The van der Waals surface area contributed by atoms with E-state index in [1.807, 2.05) is 36.7 Å². The van der Waals surface area contributed by atoms with Crippen molar-refractivity contribution in [3.05, 3.63) is 65.9 Å². The van der Waals surface area contributed by atoms with Crippen molar-refractivity contribution in [3.8, 4) is 11.5 Å². The van der Waals surface area contributed by atoms with Gasteiger partial charge in [0.2, 0.25) is 5.91 Å². The van der Waals surface area contributed by atoms with E-state index in [0.717, 1.165) is 5.39 Å². The zero-order chi connectivity index (χ0) is 22.2. The van der Waals surface area contributed by atoms with Crippen molar-refractivity contribution in [2.24, 2.45) is 0 Å². The van der Waals surface area contributed by atoms with Crippen LogP contribution < -0.4 is 20.3 Å². The molecule has 0 saturated carbocycles. The number of para-hydroxylation sites is 1. The number of hydrogen-bond acceptors (Lipinski definition) is 6. The second-order valence-electron chi connectivity index (χ2n) is 6.75. The van der Waals surface area contributed by atoms with Gasteiger partial charge >= 0.3 is 0 Å². The number of nitrogens with one attached hydrogen (secondary N) is 2. The van der Waals surface area contributed by atoms with Gasteiger partial charge in [-0.25, -0.2) is 0 Å². The molecule has 3 aromatic rings. The zero-order valence-corrected chi connectivity index (χ0v) is 18.1. The summed E-state index contributed by atoms with van der Waals surface area (Å²) in [5, 5.41) is 12.7. The largest absolute Gasteiger partial charge is 0.493 e. The van der Waals surface area contributed by atoms with Gasteiger partial charge in [0.25, 0.3) is 0 Å². The number of ether oxygens (including phenoxy) is 2. The molecule has 0 saturated heterocycles. The Kier molecular flexibility index (Phi) is 7.64. The van der Waals surface area contributed by atoms with Crippen LogP contribution in [0.4, 0.5) is 0 Å². The number of carbonyl (C=O) groups excluding carboxylic acids is 1. The fourth-order valence-electron chi connectivity index (χ4n) is 2.93. The first-order valence-electron chi connectivity index (χ1n) is 9.76. The Morgan fingerprint density at radius 2 is 2.03 bits per heavy atom. The molecule has 7 nitrogen and oxygen atoms in total. The second kappa shape index (κ2) is 10.6. The van der Waals surface area contributed by atoms with E-state index < -0.39 is 0 Å². The summed E-state index contributed by atoms with van der Waals surface area (Å²) in [6, 6.07) is 14.3. The van der Waals surface area contributed by atoms with E-state index >= 15 is 0 Å². The molecule has 2 aromatic carbocycles. The minimum Gasteiger partial charge on any atom is -0.493 e. The quantitative estimate of drug-likeness (QED) is 0.262. The van der Waals surface area contributed by atoms with E-state index in [9.17, 15) is 4.79 Å². The minimum absolute atomic E-state index is 0.159. The molecule has 162 valence electrons. The lowest BCUT2D eigenvalue weighted by Crippen LogP contribution is -2.37. The van der Waals surface area contributed by atoms with Crippen molar-refractivity contribution in [2.45, 2.75) is 19.4 Å². The SMILES string of the molecule is CC[C@H](COc1ccc(C(=S)NO)cc1)NC(=O)C=Cc1cc2cccc(OC)c2o1. The fraction of sp³-hybridized carbons (Fsp3) is 0.217. The molecule has 0 bridgehead atoms. The molecule has 1 amide bonds. The van der Waals surface area contributed by atoms with Gasteiger partial charge < -0.3 is 19.2 Å². The number of benzene rings is 2. The van der Waals surface area contributed by atoms with Crippen LogP contribution >= 0.6 is 12.2 Å². The molecule has 1 aromatic heterocycles. The molecule has 0 aliphatic carbocycles. The van der Waals surface area contributed by atoms with Crippen LogP contribution in [0.25, 0.3) is 17.0 Å². The molecular weight excluding hydrogens is 416 g/mol. The Morgan fingerprint density at radius 3 is 2.71 bits per heavy atom. The van der Waals surface area contributed by atoms with Crippen LogP contribution in [0.1, 0.15) is 24.7 Å². The Morgan fingerprint density at radius 1 is 1.26 bits per heavy atom. The summed E-state index contributed by atoms with van der Waals surface area (Å²) in [4.78, 5) is 12.6. The first kappa shape index (κ1) is 22.3. The molecule has 1 atom stereocenters. The van der Waals surface area contributed by atoms with E-state index in [4.69, 9.17) is 31.3 Å². The van der Waals surface area contributed by atoms with Gasteiger partial charge in [0.1, 0.15) is 23.1 Å². The lowest BCUT2D eigenvalue weighted by atomic mass is 10.2. The third kappa shape index (κ3) is 5.84. The van der Waals surface area contributed by atoms with Crippen LogP contribution in [0, 0.1) is 0 Å². The normalized spacial score (nSPS) is 12.0. The smallest absolute Gasteiger partial charge is 0.244 e. The Balaban J connectivity index is 1.55. The molecular formula is C23H24N2O5S. The van der Waals surface area contributed by atoms with Crippen LogP contribution in [0.2, 0.25) is 0 Å². The maximum Gasteiger partial charge on any atom is 0.244 e. The lowest BCUT2D eigenvalue weighted by molar-refractivity contribution is -0.117. The average molecular weight is 441 g/mol. The number of furan rings is 1. The summed E-state index contributed by atoms with van der Waals surface area (Å²) in [6.07, 6.45) is 3.77. The predicted octanol–water partition coefficient (Wildman–Crippen LogP) is 4.08. The third-order valence-corrected chi connectivity index (χ3v) is 4.98. The standard InChI is InChI=1S/C23H24N2O5S/c1-3-17(14-29-18-9-7-15(8-10-18)23(31)25-27)24-21(26)12-11-19-13-16-5-4-6-20(28-2)22(16)30-19/h4-13,17,27H,3,14H2,1-2H3,(H,24,26)(H,25,31)/t17-/m1/s1. The maximum atomic E-state index is 12.3. The molecule has 0 aliphatic rings. The van der Waals surface area contributed by atoms with E-state index in [-0.39, 0.29) is 16.9 Å². The van der Waals surface area contributed by atoms with Crippen LogP contribution in [-0.2, 0) is 4.79 Å². The number of methoxy groups -OCH3 is 1. The highest BCUT2D eigenvalue weighted by Crippen LogP contribution is 2.28. The molecule has 0 unspecified atom stereocenters. The average Bonchev–Trinajstić information content (AvgIpc) is 3.23. The molecule has 0 spiro atoms. The summed E-state index contributed by atoms with van der Waals surface area (Å²) in [7, 11) is 1.59. The molecule has 8 heteroatoms. The number of hydrogen-bond donors (Lipinski definition) is 3. The van der Waals surface area contributed by atoms with Gasteiger partial charge in [-0.1, -0.05) is 31.3 Å². The predicted molar refractivity (Wildman–Crippen MR) is 123 cm³/mol. The van der Waals surface area contributed by atoms with Gasteiger partial charge in [0.05, 0.1) is 13.2 Å². The van der Waals surface area contributed by atoms with E-state index in [1.165, 1.54) is 6.08 Å². The monoisotopic (exact) mass is 440 g/mol.